The van der Waals surface area contributed by atoms with Crippen molar-refractivity contribution >= 4 is 5.97 Å². The lowest BCUT2D eigenvalue weighted by molar-refractivity contribution is -0.137. The Kier molecular flexibility index (Phi) is 4.80. The van der Waals surface area contributed by atoms with Gasteiger partial charge in [0.25, 0.3) is 0 Å². The van der Waals surface area contributed by atoms with Crippen molar-refractivity contribution in [1.82, 2.24) is 4.90 Å². The van der Waals surface area contributed by atoms with E-state index in [1.807, 2.05) is 0 Å². The van der Waals surface area contributed by atoms with Gasteiger partial charge in [0.15, 0.2) is 0 Å². The highest BCUT2D eigenvalue weighted by Gasteiger charge is 2.28. The normalized spacial score (nSPS) is 24.4. The summed E-state index contributed by atoms with van der Waals surface area (Å²) in [6.07, 6.45) is 7.93. The van der Waals surface area contributed by atoms with Crippen LogP contribution >= 0.6 is 0 Å². The first-order valence-electron chi connectivity index (χ1n) is 6.83. The van der Waals surface area contributed by atoms with Crippen molar-refractivity contribution in [2.75, 3.05) is 19.7 Å². The molecule has 1 saturated carbocycles. The van der Waals surface area contributed by atoms with Gasteiger partial charge in [0, 0.05) is 19.2 Å². The zero-order valence-corrected chi connectivity index (χ0v) is 10.4. The lowest BCUT2D eigenvalue weighted by atomic mass is 10.1. The lowest BCUT2D eigenvalue weighted by Gasteiger charge is -2.21. The molecular formula is C13H23NO3. The lowest BCUT2D eigenvalue weighted by Crippen LogP contribution is -2.30. The predicted octanol–water partition coefficient (Wildman–Crippen LogP) is 1.88. The van der Waals surface area contributed by atoms with E-state index in [9.17, 15) is 4.79 Å². The quantitative estimate of drug-likeness (QED) is 0.705. The Hall–Kier alpha value is -0.610. The van der Waals surface area contributed by atoms with Crippen LogP contribution in [0.25, 0.3) is 0 Å². The van der Waals surface area contributed by atoms with Crippen molar-refractivity contribution in [3.63, 3.8) is 0 Å². The molecule has 1 aliphatic heterocycles. The number of carboxylic acid groups (broad SMARTS) is 1. The topological polar surface area (TPSA) is 49.8 Å². The Morgan fingerprint density at radius 3 is 2.71 bits per heavy atom. The van der Waals surface area contributed by atoms with Crippen molar-refractivity contribution in [3.8, 4) is 0 Å². The third-order valence-corrected chi connectivity index (χ3v) is 3.67. The second kappa shape index (κ2) is 6.36. The summed E-state index contributed by atoms with van der Waals surface area (Å²) in [5, 5.41) is 8.72. The summed E-state index contributed by atoms with van der Waals surface area (Å²) < 4.78 is 5.60. The van der Waals surface area contributed by atoms with Gasteiger partial charge in [0.05, 0.1) is 12.5 Å². The van der Waals surface area contributed by atoms with E-state index >= 15 is 0 Å². The second-order valence-electron chi connectivity index (χ2n) is 5.19. The van der Waals surface area contributed by atoms with E-state index in [0.29, 0.717) is 18.7 Å². The Bertz CT molecular complexity index is 247. The number of hydrogen-bond donors (Lipinski definition) is 1. The molecule has 98 valence electrons. The zero-order valence-electron chi connectivity index (χ0n) is 10.4. The van der Waals surface area contributed by atoms with Crippen LogP contribution in [0.3, 0.4) is 0 Å². The van der Waals surface area contributed by atoms with Crippen LogP contribution in [-0.2, 0) is 9.53 Å². The third-order valence-electron chi connectivity index (χ3n) is 3.67. The van der Waals surface area contributed by atoms with Crippen LogP contribution in [0.4, 0.5) is 0 Å². The fourth-order valence-corrected chi connectivity index (χ4v) is 2.55. The molecule has 2 aliphatic rings. The first-order chi connectivity index (χ1) is 8.25. The highest BCUT2D eigenvalue weighted by Crippen LogP contribution is 2.27. The maximum Gasteiger partial charge on any atom is 0.304 e. The smallest absolute Gasteiger partial charge is 0.304 e. The number of ether oxygens (including phenoxy) is 1. The molecular weight excluding hydrogens is 218 g/mol. The number of carbonyl (C=O) groups is 1. The zero-order chi connectivity index (χ0) is 12.1. The molecule has 4 heteroatoms. The molecule has 0 aromatic carbocycles. The summed E-state index contributed by atoms with van der Waals surface area (Å²) in [6.45, 7) is 2.68. The SMILES string of the molecule is O=C(O)CCN(CCCC1CCCO1)C1CC1. The van der Waals surface area contributed by atoms with Gasteiger partial charge in [-0.25, -0.2) is 0 Å². The van der Waals surface area contributed by atoms with Crippen LogP contribution < -0.4 is 0 Å². The molecule has 1 saturated heterocycles. The molecule has 0 aromatic heterocycles. The standard InChI is InChI=1S/C13H23NO3/c15-13(16)7-9-14(11-5-6-11)8-1-3-12-4-2-10-17-12/h11-12H,1-10H2,(H,15,16). The van der Waals surface area contributed by atoms with Crippen LogP contribution in [0.5, 0.6) is 0 Å². The van der Waals surface area contributed by atoms with Gasteiger partial charge in [-0.3, -0.25) is 9.69 Å². The van der Waals surface area contributed by atoms with Gasteiger partial charge in [-0.15, -0.1) is 0 Å². The minimum Gasteiger partial charge on any atom is -0.481 e. The summed E-state index contributed by atoms with van der Waals surface area (Å²) >= 11 is 0. The summed E-state index contributed by atoms with van der Waals surface area (Å²) in [5.74, 6) is -0.685. The van der Waals surface area contributed by atoms with Crippen molar-refractivity contribution in [3.05, 3.63) is 0 Å². The maximum atomic E-state index is 10.6. The monoisotopic (exact) mass is 241 g/mol. The molecule has 2 rings (SSSR count). The molecule has 1 N–H and O–H groups in total. The molecule has 4 nitrogen and oxygen atoms in total. The molecule has 1 heterocycles. The van der Waals surface area contributed by atoms with E-state index in [0.717, 1.165) is 26.0 Å². The number of aliphatic carboxylic acids is 1. The fourth-order valence-electron chi connectivity index (χ4n) is 2.55. The molecule has 2 fully saturated rings. The van der Waals surface area contributed by atoms with E-state index in [-0.39, 0.29) is 6.42 Å². The van der Waals surface area contributed by atoms with E-state index in [1.165, 1.54) is 25.7 Å². The van der Waals surface area contributed by atoms with Gasteiger partial charge >= 0.3 is 5.97 Å². The summed E-state index contributed by atoms with van der Waals surface area (Å²) in [5.41, 5.74) is 0. The minimum atomic E-state index is -0.685. The molecule has 0 bridgehead atoms. The highest BCUT2D eigenvalue weighted by atomic mass is 16.5. The predicted molar refractivity (Wildman–Crippen MR) is 65.1 cm³/mol. The molecule has 0 amide bonds. The third kappa shape index (κ3) is 4.64. The minimum absolute atomic E-state index is 0.274. The highest BCUT2D eigenvalue weighted by molar-refractivity contribution is 5.66. The van der Waals surface area contributed by atoms with Crippen LogP contribution in [0.2, 0.25) is 0 Å². The van der Waals surface area contributed by atoms with E-state index in [4.69, 9.17) is 9.84 Å². The first kappa shape index (κ1) is 12.8. The van der Waals surface area contributed by atoms with Gasteiger partial charge in [0.2, 0.25) is 0 Å². The van der Waals surface area contributed by atoms with Crippen LogP contribution in [0.15, 0.2) is 0 Å². The molecule has 1 aliphatic carbocycles. The molecule has 0 radical (unpaired) electrons. The van der Waals surface area contributed by atoms with E-state index in [2.05, 4.69) is 4.90 Å². The Morgan fingerprint density at radius 1 is 1.29 bits per heavy atom. The largest absolute Gasteiger partial charge is 0.481 e. The number of rotatable bonds is 8. The average Bonchev–Trinajstić information content (AvgIpc) is 3.00. The van der Waals surface area contributed by atoms with Crippen molar-refractivity contribution in [1.29, 1.82) is 0 Å². The number of hydrogen-bond acceptors (Lipinski definition) is 3. The second-order valence-corrected chi connectivity index (χ2v) is 5.19. The maximum absolute atomic E-state index is 10.6. The summed E-state index contributed by atoms with van der Waals surface area (Å²) in [6, 6.07) is 0.666. The molecule has 1 unspecified atom stereocenters. The van der Waals surface area contributed by atoms with E-state index in [1.54, 1.807) is 0 Å². The van der Waals surface area contributed by atoms with Crippen LogP contribution in [0, 0.1) is 0 Å². The summed E-state index contributed by atoms with van der Waals surface area (Å²) in [4.78, 5) is 12.9. The Labute approximate surface area is 103 Å². The molecule has 1 atom stereocenters. The van der Waals surface area contributed by atoms with Crippen molar-refractivity contribution in [2.45, 2.75) is 57.1 Å². The Morgan fingerprint density at radius 2 is 2.12 bits per heavy atom. The van der Waals surface area contributed by atoms with E-state index < -0.39 is 5.97 Å². The van der Waals surface area contributed by atoms with Crippen molar-refractivity contribution in [2.24, 2.45) is 0 Å². The van der Waals surface area contributed by atoms with Gasteiger partial charge in [-0.1, -0.05) is 0 Å². The first-order valence-corrected chi connectivity index (χ1v) is 6.83. The van der Waals surface area contributed by atoms with Gasteiger partial charge in [0.1, 0.15) is 0 Å². The summed E-state index contributed by atoms with van der Waals surface area (Å²) in [7, 11) is 0. The van der Waals surface area contributed by atoms with Crippen molar-refractivity contribution < 1.29 is 14.6 Å². The van der Waals surface area contributed by atoms with Crippen LogP contribution in [-0.4, -0.2) is 47.8 Å². The molecule has 0 aromatic rings. The number of nitrogens with zero attached hydrogens (tertiary/aromatic N) is 1. The van der Waals surface area contributed by atoms with Gasteiger partial charge in [-0.2, -0.15) is 0 Å². The molecule has 0 spiro atoms. The van der Waals surface area contributed by atoms with Gasteiger partial charge < -0.3 is 9.84 Å². The fraction of sp³-hybridized carbons (Fsp3) is 0.923. The average molecular weight is 241 g/mol. The number of carboxylic acids is 1. The Balaban J connectivity index is 1.61. The molecule has 17 heavy (non-hydrogen) atoms. The van der Waals surface area contributed by atoms with Gasteiger partial charge in [-0.05, 0) is 45.1 Å². The van der Waals surface area contributed by atoms with Crippen LogP contribution in [0.1, 0.15) is 44.9 Å².